The van der Waals surface area contributed by atoms with E-state index in [1.165, 1.54) is 12.3 Å². The fourth-order valence-electron chi connectivity index (χ4n) is 1.20. The Balaban J connectivity index is 2.53. The molecule has 0 fully saturated rings. The highest BCUT2D eigenvalue weighted by atomic mass is 16.5. The van der Waals surface area contributed by atoms with Crippen molar-refractivity contribution in [2.45, 2.75) is 12.8 Å². The van der Waals surface area contributed by atoms with Gasteiger partial charge in [0.1, 0.15) is 5.69 Å². The number of carboxylic acids is 1. The van der Waals surface area contributed by atoms with Crippen LogP contribution in [0.4, 0.5) is 0 Å². The lowest BCUT2D eigenvalue weighted by Crippen LogP contribution is -2.12. The number of aromatic amines is 1. The van der Waals surface area contributed by atoms with Crippen LogP contribution in [-0.4, -0.2) is 35.2 Å². The zero-order chi connectivity index (χ0) is 12.0. The fourth-order valence-corrected chi connectivity index (χ4v) is 1.20. The van der Waals surface area contributed by atoms with Gasteiger partial charge in [0.25, 0.3) is 0 Å². The highest BCUT2D eigenvalue weighted by Crippen LogP contribution is 2.08. The third-order valence-electron chi connectivity index (χ3n) is 2.01. The molecule has 6 heteroatoms. The summed E-state index contributed by atoms with van der Waals surface area (Å²) < 4.78 is 4.89. The summed E-state index contributed by atoms with van der Waals surface area (Å²) in [5.74, 6) is -1.81. The number of unbranched alkanes of at least 4 members (excludes halogenated alkanes) is 1. The van der Waals surface area contributed by atoms with E-state index in [1.807, 2.05) is 0 Å². The minimum absolute atomic E-state index is 0.0275. The minimum atomic E-state index is -1.16. The van der Waals surface area contributed by atoms with Crippen molar-refractivity contribution in [3.8, 4) is 0 Å². The number of carbonyl (C=O) groups is 2. The van der Waals surface area contributed by atoms with Gasteiger partial charge in [-0.15, -0.1) is 0 Å². The zero-order valence-electron chi connectivity index (χ0n) is 8.73. The molecular weight excluding hydrogens is 212 g/mol. The molecule has 1 rings (SSSR count). The number of aromatic carboxylic acids is 1. The molecule has 0 unspecified atom stereocenters. The van der Waals surface area contributed by atoms with E-state index < -0.39 is 11.9 Å². The molecule has 0 bridgehead atoms. The highest BCUT2D eigenvalue weighted by Gasteiger charge is 2.18. The Morgan fingerprint density at radius 2 is 2.19 bits per heavy atom. The maximum absolute atomic E-state index is 11.4. The van der Waals surface area contributed by atoms with E-state index in [4.69, 9.17) is 15.6 Å². The molecule has 0 aliphatic rings. The predicted molar refractivity (Wildman–Crippen MR) is 56.3 cm³/mol. The summed E-state index contributed by atoms with van der Waals surface area (Å²) in [5.41, 5.74) is 5.17. The van der Waals surface area contributed by atoms with E-state index in [1.54, 1.807) is 0 Å². The molecule has 0 spiro atoms. The monoisotopic (exact) mass is 226 g/mol. The molecule has 0 aromatic carbocycles. The van der Waals surface area contributed by atoms with Gasteiger partial charge in [0.15, 0.2) is 0 Å². The average molecular weight is 226 g/mol. The molecule has 1 aromatic heterocycles. The Morgan fingerprint density at radius 3 is 2.81 bits per heavy atom. The van der Waals surface area contributed by atoms with Crippen LogP contribution >= 0.6 is 0 Å². The van der Waals surface area contributed by atoms with Crippen molar-refractivity contribution in [2.75, 3.05) is 13.2 Å². The topological polar surface area (TPSA) is 105 Å². The van der Waals surface area contributed by atoms with Crippen LogP contribution in [0.2, 0.25) is 0 Å². The molecule has 0 saturated heterocycles. The van der Waals surface area contributed by atoms with Gasteiger partial charge in [-0.25, -0.2) is 9.59 Å². The maximum Gasteiger partial charge on any atom is 0.355 e. The van der Waals surface area contributed by atoms with Gasteiger partial charge in [-0.1, -0.05) is 0 Å². The molecule has 1 heterocycles. The fraction of sp³-hybridized carbons (Fsp3) is 0.400. The van der Waals surface area contributed by atoms with Crippen LogP contribution in [0.5, 0.6) is 0 Å². The number of nitrogens with two attached hydrogens (primary N) is 1. The molecule has 4 N–H and O–H groups in total. The number of rotatable bonds is 6. The van der Waals surface area contributed by atoms with Gasteiger partial charge < -0.3 is 20.6 Å². The van der Waals surface area contributed by atoms with Gasteiger partial charge >= 0.3 is 11.9 Å². The van der Waals surface area contributed by atoms with Crippen molar-refractivity contribution in [1.82, 2.24) is 4.98 Å². The van der Waals surface area contributed by atoms with E-state index in [9.17, 15) is 9.59 Å². The Kier molecular flexibility index (Phi) is 4.53. The van der Waals surface area contributed by atoms with Crippen LogP contribution in [0.3, 0.4) is 0 Å². The van der Waals surface area contributed by atoms with Gasteiger partial charge in [0.05, 0.1) is 12.2 Å². The minimum Gasteiger partial charge on any atom is -0.478 e. The molecule has 0 atom stereocenters. The summed E-state index contributed by atoms with van der Waals surface area (Å²) in [6.45, 7) is 0.786. The second-order valence-electron chi connectivity index (χ2n) is 3.20. The number of H-pyrrole nitrogens is 1. The van der Waals surface area contributed by atoms with E-state index >= 15 is 0 Å². The number of carboxylic acid groups (broad SMARTS) is 1. The number of nitrogens with one attached hydrogen (secondary N) is 1. The summed E-state index contributed by atoms with van der Waals surface area (Å²) in [4.78, 5) is 24.7. The first kappa shape index (κ1) is 12.3. The molecule has 88 valence electrons. The van der Waals surface area contributed by atoms with Crippen molar-refractivity contribution in [1.29, 1.82) is 0 Å². The largest absolute Gasteiger partial charge is 0.478 e. The molecule has 0 amide bonds. The lowest BCUT2D eigenvalue weighted by molar-refractivity contribution is 0.0483. The van der Waals surface area contributed by atoms with Crippen LogP contribution < -0.4 is 5.73 Å². The van der Waals surface area contributed by atoms with Crippen LogP contribution in [-0.2, 0) is 4.74 Å². The summed E-state index contributed by atoms with van der Waals surface area (Å²) in [6.07, 6.45) is 2.83. The Hall–Kier alpha value is -1.82. The first-order chi connectivity index (χ1) is 7.66. The van der Waals surface area contributed by atoms with Gasteiger partial charge in [-0.05, 0) is 25.5 Å². The molecule has 6 nitrogen and oxygen atoms in total. The first-order valence-electron chi connectivity index (χ1n) is 4.94. The number of esters is 1. The summed E-state index contributed by atoms with van der Waals surface area (Å²) in [7, 11) is 0. The van der Waals surface area contributed by atoms with E-state index in [2.05, 4.69) is 4.98 Å². The van der Waals surface area contributed by atoms with E-state index in [0.29, 0.717) is 13.0 Å². The van der Waals surface area contributed by atoms with Crippen LogP contribution in [0.15, 0.2) is 12.3 Å². The third kappa shape index (κ3) is 3.09. The molecule has 1 aromatic rings. The number of aromatic nitrogens is 1. The quantitative estimate of drug-likeness (QED) is 0.486. The van der Waals surface area contributed by atoms with Gasteiger partial charge in [0.2, 0.25) is 0 Å². The smallest absolute Gasteiger partial charge is 0.355 e. The molecule has 16 heavy (non-hydrogen) atoms. The standard InChI is InChI=1S/C10H14N2O4/c11-4-1-2-6-16-10(15)8-7(9(13)14)3-5-12-8/h3,5,12H,1-2,4,6,11H2,(H,13,14). The molecular formula is C10H14N2O4. The maximum atomic E-state index is 11.4. The van der Waals surface area contributed by atoms with Crippen LogP contribution in [0, 0.1) is 0 Å². The SMILES string of the molecule is NCCCCOC(=O)c1[nH]ccc1C(=O)O. The third-order valence-corrected chi connectivity index (χ3v) is 2.01. The highest BCUT2D eigenvalue weighted by molar-refractivity contribution is 6.01. The van der Waals surface area contributed by atoms with E-state index in [-0.39, 0.29) is 17.9 Å². The second kappa shape index (κ2) is 5.92. The Bertz CT molecular complexity index is 373. The lowest BCUT2D eigenvalue weighted by Gasteiger charge is -2.03. The number of carbonyl (C=O) groups excluding carboxylic acids is 1. The normalized spacial score (nSPS) is 10.1. The predicted octanol–water partition coefficient (Wildman–Crippen LogP) is 0.609. The molecule has 0 radical (unpaired) electrons. The van der Waals surface area contributed by atoms with Crippen LogP contribution in [0.25, 0.3) is 0 Å². The van der Waals surface area contributed by atoms with E-state index in [0.717, 1.165) is 6.42 Å². The van der Waals surface area contributed by atoms with Crippen molar-refractivity contribution in [3.05, 3.63) is 23.5 Å². The first-order valence-corrected chi connectivity index (χ1v) is 4.94. The lowest BCUT2D eigenvalue weighted by atomic mass is 10.2. The summed E-state index contributed by atoms with van der Waals surface area (Å²) in [6, 6.07) is 1.32. The molecule has 0 aliphatic heterocycles. The molecule has 0 aliphatic carbocycles. The number of hydrogen-bond donors (Lipinski definition) is 3. The van der Waals surface area contributed by atoms with Crippen molar-refractivity contribution >= 4 is 11.9 Å². The summed E-state index contributed by atoms with van der Waals surface area (Å²) >= 11 is 0. The van der Waals surface area contributed by atoms with Crippen molar-refractivity contribution in [3.63, 3.8) is 0 Å². The van der Waals surface area contributed by atoms with Crippen LogP contribution in [0.1, 0.15) is 33.7 Å². The average Bonchev–Trinajstić information content (AvgIpc) is 2.73. The second-order valence-corrected chi connectivity index (χ2v) is 3.20. The Labute approximate surface area is 92.4 Å². The van der Waals surface area contributed by atoms with Gasteiger partial charge in [-0.3, -0.25) is 0 Å². The number of hydrogen-bond acceptors (Lipinski definition) is 4. The summed E-state index contributed by atoms with van der Waals surface area (Å²) in [5, 5.41) is 8.77. The Morgan fingerprint density at radius 1 is 1.44 bits per heavy atom. The zero-order valence-corrected chi connectivity index (χ0v) is 8.73. The van der Waals surface area contributed by atoms with Gasteiger partial charge in [-0.2, -0.15) is 0 Å². The van der Waals surface area contributed by atoms with Crippen molar-refractivity contribution in [2.24, 2.45) is 5.73 Å². The van der Waals surface area contributed by atoms with Crippen molar-refractivity contribution < 1.29 is 19.4 Å². The number of ether oxygens (including phenoxy) is 1. The molecule has 0 saturated carbocycles. The van der Waals surface area contributed by atoms with Gasteiger partial charge in [0, 0.05) is 6.20 Å².